The molecule has 172 valence electrons. The van der Waals surface area contributed by atoms with Crippen molar-refractivity contribution in [2.75, 3.05) is 0 Å². The quantitative estimate of drug-likeness (QED) is 0.606. The molecule has 3 heterocycles. The smallest absolute Gasteiger partial charge is 0.395 e. The molecule has 1 aromatic heterocycles. The summed E-state index contributed by atoms with van der Waals surface area (Å²) in [6.45, 7) is 2.46. The van der Waals surface area contributed by atoms with Crippen LogP contribution in [0.4, 0.5) is 8.78 Å². The second-order valence-electron chi connectivity index (χ2n) is 9.03. The van der Waals surface area contributed by atoms with Gasteiger partial charge in [-0.05, 0) is 60.7 Å². The molecule has 1 aliphatic carbocycles. The number of Topliss-reactive ketones (excluding diaryl/α,β-unsaturated/α-hetero) is 1. The molecule has 0 bridgehead atoms. The van der Waals surface area contributed by atoms with Crippen LogP contribution < -0.4 is 14.8 Å². The van der Waals surface area contributed by atoms with Crippen molar-refractivity contribution in [2.24, 2.45) is 0 Å². The fourth-order valence-electron chi connectivity index (χ4n) is 4.75. The molecule has 8 heteroatoms. The first-order valence-electron chi connectivity index (χ1n) is 11.1. The van der Waals surface area contributed by atoms with Gasteiger partial charge in [0, 0.05) is 29.8 Å². The molecule has 6 nitrogen and oxygen atoms in total. The minimum absolute atomic E-state index is 0.0197. The number of nitrogens with zero attached hydrogens (tertiary/aromatic N) is 1. The number of aromatic nitrogens is 1. The van der Waals surface area contributed by atoms with Gasteiger partial charge in [0.25, 0.3) is 5.91 Å². The zero-order valence-corrected chi connectivity index (χ0v) is 18.3. The molecule has 1 amide bonds. The number of alkyl halides is 2. The molecule has 0 saturated heterocycles. The summed E-state index contributed by atoms with van der Waals surface area (Å²) in [7, 11) is 0. The number of ether oxygens (including phenoxy) is 2. The van der Waals surface area contributed by atoms with Crippen molar-refractivity contribution >= 4 is 11.7 Å². The maximum atomic E-state index is 13.4. The molecule has 1 saturated carbocycles. The van der Waals surface area contributed by atoms with Gasteiger partial charge in [-0.25, -0.2) is 0 Å². The van der Waals surface area contributed by atoms with Crippen LogP contribution in [0.15, 0.2) is 48.5 Å². The van der Waals surface area contributed by atoms with E-state index < -0.39 is 11.7 Å². The van der Waals surface area contributed by atoms with E-state index in [-0.39, 0.29) is 29.6 Å². The van der Waals surface area contributed by atoms with Crippen LogP contribution in [0.1, 0.15) is 45.6 Å². The highest BCUT2D eigenvalue weighted by atomic mass is 19.3. The molecule has 0 radical (unpaired) electrons. The Morgan fingerprint density at radius 2 is 1.85 bits per heavy atom. The average molecular weight is 462 g/mol. The molecule has 3 aliphatic rings. The van der Waals surface area contributed by atoms with Gasteiger partial charge in [0.1, 0.15) is 5.78 Å². The Morgan fingerprint density at radius 3 is 2.65 bits per heavy atom. The summed E-state index contributed by atoms with van der Waals surface area (Å²) in [6, 6.07) is 14.0. The highest BCUT2D eigenvalue weighted by molar-refractivity contribution is 5.99. The second-order valence-corrected chi connectivity index (χ2v) is 9.03. The summed E-state index contributed by atoms with van der Waals surface area (Å²) in [4.78, 5) is 30.2. The Balaban J connectivity index is 1.27. The molecule has 3 aromatic rings. The van der Waals surface area contributed by atoms with E-state index in [0.29, 0.717) is 36.2 Å². The molecule has 6 rings (SSSR count). The van der Waals surface area contributed by atoms with Gasteiger partial charge >= 0.3 is 6.29 Å². The predicted molar refractivity (Wildman–Crippen MR) is 118 cm³/mol. The number of ketones is 1. The van der Waals surface area contributed by atoms with Crippen LogP contribution in [0.5, 0.6) is 11.5 Å². The van der Waals surface area contributed by atoms with Crippen molar-refractivity contribution in [3.8, 4) is 22.8 Å². The number of pyridine rings is 1. The minimum Gasteiger partial charge on any atom is -0.395 e. The molecule has 2 aliphatic heterocycles. The number of benzene rings is 2. The first-order valence-corrected chi connectivity index (χ1v) is 11.1. The largest absolute Gasteiger partial charge is 0.586 e. The molecule has 2 aromatic carbocycles. The number of hydrogen-bond acceptors (Lipinski definition) is 5. The van der Waals surface area contributed by atoms with Gasteiger partial charge < -0.3 is 14.8 Å². The Labute approximate surface area is 193 Å². The topological polar surface area (TPSA) is 77.5 Å². The third-order valence-electron chi connectivity index (χ3n) is 6.80. The van der Waals surface area contributed by atoms with E-state index in [1.807, 2.05) is 37.3 Å². The molecule has 34 heavy (non-hydrogen) atoms. The lowest BCUT2D eigenvalue weighted by atomic mass is 9.88. The third-order valence-corrected chi connectivity index (χ3v) is 6.80. The van der Waals surface area contributed by atoms with Crippen LogP contribution in [0, 0.1) is 6.92 Å². The molecule has 1 N–H and O–H groups in total. The van der Waals surface area contributed by atoms with Crippen molar-refractivity contribution in [3.63, 3.8) is 0 Å². The first-order chi connectivity index (χ1) is 16.2. The van der Waals surface area contributed by atoms with Crippen molar-refractivity contribution in [1.82, 2.24) is 10.3 Å². The summed E-state index contributed by atoms with van der Waals surface area (Å²) in [5, 5.41) is 2.81. The lowest BCUT2D eigenvalue weighted by molar-refractivity contribution is -0.286. The van der Waals surface area contributed by atoms with Crippen LogP contribution in [-0.4, -0.2) is 23.0 Å². The molecule has 1 fully saturated rings. The van der Waals surface area contributed by atoms with Gasteiger partial charge in [-0.15, -0.1) is 8.78 Å². The number of aryl methyl sites for hydroxylation is 1. The highest BCUT2D eigenvalue weighted by Crippen LogP contribution is 2.52. The first kappa shape index (κ1) is 20.8. The van der Waals surface area contributed by atoms with Crippen LogP contribution >= 0.6 is 0 Å². The summed E-state index contributed by atoms with van der Waals surface area (Å²) in [6.07, 6.45) is -2.30. The Morgan fingerprint density at radius 1 is 1.06 bits per heavy atom. The average Bonchev–Trinajstić information content (AvgIpc) is 3.45. The van der Waals surface area contributed by atoms with Crippen molar-refractivity contribution in [1.29, 1.82) is 0 Å². The van der Waals surface area contributed by atoms with E-state index in [1.54, 1.807) is 6.07 Å². The number of halogens is 2. The highest BCUT2D eigenvalue weighted by Gasteiger charge is 2.52. The fourth-order valence-corrected chi connectivity index (χ4v) is 4.75. The third kappa shape index (κ3) is 3.32. The SMILES string of the molecule is Cc1ccc(CC(=O)C2(c3ccc4c(c3)OC(F)(F)O4)CC2)nc1-c1ccc2c(c1)C(=O)NC2. The Hall–Kier alpha value is -3.81. The van der Waals surface area contributed by atoms with Crippen LogP contribution in [0.2, 0.25) is 0 Å². The van der Waals surface area contributed by atoms with Crippen molar-refractivity contribution in [3.05, 3.63) is 76.5 Å². The van der Waals surface area contributed by atoms with Crippen LogP contribution in [0.25, 0.3) is 11.3 Å². The maximum Gasteiger partial charge on any atom is 0.586 e. The van der Waals surface area contributed by atoms with Gasteiger partial charge in [0.15, 0.2) is 11.5 Å². The number of hydrogen-bond donors (Lipinski definition) is 1. The fraction of sp³-hybridized carbons (Fsp3) is 0.269. The number of nitrogens with one attached hydrogen (secondary N) is 1. The Kier molecular flexibility index (Phi) is 4.33. The van der Waals surface area contributed by atoms with Crippen molar-refractivity contribution < 1.29 is 27.8 Å². The second kappa shape index (κ2) is 7.09. The minimum atomic E-state index is -3.69. The van der Waals surface area contributed by atoms with E-state index in [1.165, 1.54) is 12.1 Å². The van der Waals surface area contributed by atoms with Gasteiger partial charge in [-0.3, -0.25) is 14.6 Å². The van der Waals surface area contributed by atoms with E-state index in [9.17, 15) is 18.4 Å². The molecular weight excluding hydrogens is 442 g/mol. The zero-order valence-electron chi connectivity index (χ0n) is 18.3. The van der Waals surface area contributed by atoms with E-state index in [4.69, 9.17) is 4.98 Å². The molecular formula is C26H20F2N2O4. The maximum absolute atomic E-state index is 13.4. The van der Waals surface area contributed by atoms with Gasteiger partial charge in [0.05, 0.1) is 11.1 Å². The van der Waals surface area contributed by atoms with Crippen LogP contribution in [-0.2, 0) is 23.2 Å². The lowest BCUT2D eigenvalue weighted by Crippen LogP contribution is -2.26. The van der Waals surface area contributed by atoms with E-state index in [2.05, 4.69) is 14.8 Å². The number of carbonyl (C=O) groups is 2. The Bertz CT molecular complexity index is 1380. The number of fused-ring (bicyclic) bond motifs is 2. The summed E-state index contributed by atoms with van der Waals surface area (Å²) in [5.41, 5.74) is 4.62. The van der Waals surface area contributed by atoms with E-state index in [0.717, 1.165) is 22.4 Å². The predicted octanol–water partition coefficient (Wildman–Crippen LogP) is 4.47. The summed E-state index contributed by atoms with van der Waals surface area (Å²) < 4.78 is 35.8. The van der Waals surface area contributed by atoms with Gasteiger partial charge in [-0.2, -0.15) is 0 Å². The standard InChI is InChI=1S/C26H20F2N2O4/c1-14-2-6-18(30-23(14)15-3-4-16-13-29-24(32)19(16)10-15)12-22(31)25(8-9-25)17-5-7-20-21(11-17)34-26(27,28)33-20/h2-7,10-11H,8-9,12-13H2,1H3,(H,29,32). The van der Waals surface area contributed by atoms with Gasteiger partial charge in [-0.1, -0.05) is 24.3 Å². The van der Waals surface area contributed by atoms with Gasteiger partial charge in [0.2, 0.25) is 0 Å². The summed E-state index contributed by atoms with van der Waals surface area (Å²) in [5.74, 6) is -0.213. The summed E-state index contributed by atoms with van der Waals surface area (Å²) >= 11 is 0. The molecule has 0 atom stereocenters. The number of amides is 1. The zero-order chi connectivity index (χ0) is 23.7. The van der Waals surface area contributed by atoms with Crippen molar-refractivity contribution in [2.45, 2.75) is 44.4 Å². The lowest BCUT2D eigenvalue weighted by Gasteiger charge is -2.16. The number of carbonyl (C=O) groups excluding carboxylic acids is 2. The molecule has 0 spiro atoms. The normalized spacial score (nSPS) is 18.4. The monoisotopic (exact) mass is 462 g/mol. The van der Waals surface area contributed by atoms with E-state index >= 15 is 0 Å². The van der Waals surface area contributed by atoms with Crippen LogP contribution in [0.3, 0.4) is 0 Å². The number of rotatable bonds is 5. The molecule has 0 unspecified atom stereocenters.